The predicted molar refractivity (Wildman–Crippen MR) is 102 cm³/mol. The average Bonchev–Trinajstić information content (AvgIpc) is 3.13. The number of aliphatic hydroxyl groups excluding tert-OH is 1. The molecule has 2 amide bonds. The minimum absolute atomic E-state index is 0.00734. The standard InChI is InChI=1S/C20H28N4O2/c1-3-15(2)24-19(11-12-21-24)22-20(26)23(13-14-25)18-10-6-8-16-7-4-5-9-17(16)18/h4-5,7,9,11-12,15,18,25H,3,6,8,10,13-14H2,1-2H3,(H,22,26)/t15-,18+/m1/s1. The molecular formula is C20H28N4O2. The number of amides is 2. The van der Waals surface area contributed by atoms with Crippen LogP contribution in [0, 0.1) is 0 Å². The molecular weight excluding hydrogens is 328 g/mol. The Balaban J connectivity index is 1.83. The summed E-state index contributed by atoms with van der Waals surface area (Å²) >= 11 is 0. The van der Waals surface area contributed by atoms with Crippen LogP contribution in [-0.2, 0) is 6.42 Å². The zero-order valence-electron chi connectivity index (χ0n) is 15.6. The van der Waals surface area contributed by atoms with E-state index in [1.54, 1.807) is 11.1 Å². The maximum atomic E-state index is 13.0. The fourth-order valence-electron chi connectivity index (χ4n) is 3.68. The number of urea groups is 1. The molecule has 1 aliphatic rings. The van der Waals surface area contributed by atoms with Gasteiger partial charge in [-0.25, -0.2) is 9.48 Å². The van der Waals surface area contributed by atoms with E-state index in [0.29, 0.717) is 12.4 Å². The number of fused-ring (bicyclic) bond motifs is 1. The highest BCUT2D eigenvalue weighted by Gasteiger charge is 2.29. The van der Waals surface area contributed by atoms with Crippen LogP contribution >= 0.6 is 0 Å². The Morgan fingerprint density at radius 2 is 2.23 bits per heavy atom. The largest absolute Gasteiger partial charge is 0.395 e. The molecule has 0 bridgehead atoms. The molecule has 0 aliphatic heterocycles. The second-order valence-corrected chi connectivity index (χ2v) is 6.87. The highest BCUT2D eigenvalue weighted by molar-refractivity contribution is 5.88. The molecule has 2 aromatic rings. The van der Waals surface area contributed by atoms with Crippen molar-refractivity contribution in [1.82, 2.24) is 14.7 Å². The van der Waals surface area contributed by atoms with Crippen LogP contribution in [0.4, 0.5) is 10.6 Å². The Kier molecular flexibility index (Phi) is 5.93. The molecule has 26 heavy (non-hydrogen) atoms. The number of carbonyl (C=O) groups is 1. The lowest BCUT2D eigenvalue weighted by atomic mass is 9.87. The van der Waals surface area contributed by atoms with Gasteiger partial charge in [0.25, 0.3) is 0 Å². The van der Waals surface area contributed by atoms with Crippen LogP contribution in [0.5, 0.6) is 0 Å². The molecule has 0 saturated carbocycles. The molecule has 6 nitrogen and oxygen atoms in total. The number of benzene rings is 1. The van der Waals surface area contributed by atoms with Gasteiger partial charge in [-0.05, 0) is 43.7 Å². The lowest BCUT2D eigenvalue weighted by Crippen LogP contribution is -2.41. The Morgan fingerprint density at radius 1 is 1.42 bits per heavy atom. The Bertz CT molecular complexity index is 743. The molecule has 0 radical (unpaired) electrons. The topological polar surface area (TPSA) is 70.4 Å². The van der Waals surface area contributed by atoms with Gasteiger partial charge < -0.3 is 10.0 Å². The number of aromatic nitrogens is 2. The van der Waals surface area contributed by atoms with E-state index in [1.807, 2.05) is 22.9 Å². The van der Waals surface area contributed by atoms with Crippen LogP contribution in [0.2, 0.25) is 0 Å². The van der Waals surface area contributed by atoms with E-state index in [0.717, 1.165) is 25.7 Å². The van der Waals surface area contributed by atoms with Crippen LogP contribution in [0.15, 0.2) is 36.5 Å². The second kappa shape index (κ2) is 8.36. The van der Waals surface area contributed by atoms with Crippen molar-refractivity contribution in [2.24, 2.45) is 0 Å². The summed E-state index contributed by atoms with van der Waals surface area (Å²) < 4.78 is 1.84. The van der Waals surface area contributed by atoms with Crippen molar-refractivity contribution in [3.8, 4) is 0 Å². The predicted octanol–water partition coefficient (Wildman–Crippen LogP) is 3.76. The monoisotopic (exact) mass is 356 g/mol. The quantitative estimate of drug-likeness (QED) is 0.828. The summed E-state index contributed by atoms with van der Waals surface area (Å²) in [6.45, 7) is 4.42. The van der Waals surface area contributed by atoms with E-state index in [4.69, 9.17) is 0 Å². The Morgan fingerprint density at radius 3 is 3.00 bits per heavy atom. The molecule has 1 aromatic carbocycles. The number of nitrogens with zero attached hydrogens (tertiary/aromatic N) is 3. The summed E-state index contributed by atoms with van der Waals surface area (Å²) in [5.74, 6) is 0.691. The zero-order valence-corrected chi connectivity index (χ0v) is 15.6. The summed E-state index contributed by atoms with van der Waals surface area (Å²) in [6, 6.07) is 10.1. The molecule has 0 spiro atoms. The number of hydrogen-bond acceptors (Lipinski definition) is 3. The summed E-state index contributed by atoms with van der Waals surface area (Å²) in [5.41, 5.74) is 2.49. The van der Waals surface area contributed by atoms with E-state index >= 15 is 0 Å². The van der Waals surface area contributed by atoms with Gasteiger partial charge in [-0.2, -0.15) is 5.10 Å². The van der Waals surface area contributed by atoms with Gasteiger partial charge in [0.2, 0.25) is 0 Å². The molecule has 6 heteroatoms. The maximum Gasteiger partial charge on any atom is 0.323 e. The van der Waals surface area contributed by atoms with E-state index < -0.39 is 0 Å². The third-order valence-corrected chi connectivity index (χ3v) is 5.23. The molecule has 0 fully saturated rings. The minimum atomic E-state index is -0.189. The molecule has 3 rings (SSSR count). The van der Waals surface area contributed by atoms with Gasteiger partial charge in [-0.15, -0.1) is 0 Å². The molecule has 2 N–H and O–H groups in total. The molecule has 0 unspecified atom stereocenters. The van der Waals surface area contributed by atoms with Gasteiger partial charge in [-0.3, -0.25) is 5.32 Å². The molecule has 0 saturated heterocycles. The van der Waals surface area contributed by atoms with Crippen LogP contribution in [0.25, 0.3) is 0 Å². The first-order valence-electron chi connectivity index (χ1n) is 9.45. The lowest BCUT2D eigenvalue weighted by molar-refractivity contribution is 0.154. The molecule has 140 valence electrons. The van der Waals surface area contributed by atoms with E-state index in [9.17, 15) is 9.90 Å². The highest BCUT2D eigenvalue weighted by atomic mass is 16.3. The third-order valence-electron chi connectivity index (χ3n) is 5.23. The van der Waals surface area contributed by atoms with E-state index in [-0.39, 0.29) is 24.7 Å². The van der Waals surface area contributed by atoms with Crippen LogP contribution in [0.1, 0.15) is 56.3 Å². The van der Waals surface area contributed by atoms with E-state index in [2.05, 4.69) is 36.4 Å². The number of hydrogen-bond donors (Lipinski definition) is 2. The minimum Gasteiger partial charge on any atom is -0.395 e. The molecule has 1 aromatic heterocycles. The maximum absolute atomic E-state index is 13.0. The van der Waals surface area contributed by atoms with Gasteiger partial charge in [0.05, 0.1) is 24.9 Å². The van der Waals surface area contributed by atoms with Gasteiger partial charge in [0, 0.05) is 12.6 Å². The van der Waals surface area contributed by atoms with Gasteiger partial charge in [0.1, 0.15) is 5.82 Å². The van der Waals surface area contributed by atoms with Crippen LogP contribution < -0.4 is 5.32 Å². The summed E-state index contributed by atoms with van der Waals surface area (Å²) in [7, 11) is 0. The Hall–Kier alpha value is -2.34. The molecule has 1 heterocycles. The smallest absolute Gasteiger partial charge is 0.323 e. The SMILES string of the molecule is CC[C@@H](C)n1nccc1NC(=O)N(CCO)[C@H]1CCCc2ccccc21. The second-order valence-electron chi connectivity index (χ2n) is 6.87. The number of aliphatic hydroxyl groups is 1. The summed E-state index contributed by atoms with van der Waals surface area (Å²) in [6.07, 6.45) is 5.63. The number of rotatable bonds is 6. The number of carbonyl (C=O) groups excluding carboxylic acids is 1. The fourth-order valence-corrected chi connectivity index (χ4v) is 3.68. The molecule has 1 aliphatic carbocycles. The van der Waals surface area contributed by atoms with Crippen molar-refractivity contribution in [2.45, 2.75) is 51.6 Å². The van der Waals surface area contributed by atoms with Crippen molar-refractivity contribution in [3.05, 3.63) is 47.7 Å². The van der Waals surface area contributed by atoms with Crippen LogP contribution in [-0.4, -0.2) is 39.0 Å². The normalized spacial score (nSPS) is 17.4. The Labute approximate surface area is 154 Å². The highest BCUT2D eigenvalue weighted by Crippen LogP contribution is 2.34. The third kappa shape index (κ3) is 3.75. The van der Waals surface area contributed by atoms with Crippen molar-refractivity contribution >= 4 is 11.8 Å². The summed E-state index contributed by atoms with van der Waals surface area (Å²) in [4.78, 5) is 14.8. The molecule has 2 atom stereocenters. The average molecular weight is 356 g/mol. The fraction of sp³-hybridized carbons (Fsp3) is 0.500. The number of anilines is 1. The zero-order chi connectivity index (χ0) is 18.5. The van der Waals surface area contributed by atoms with Crippen molar-refractivity contribution < 1.29 is 9.90 Å². The van der Waals surface area contributed by atoms with Gasteiger partial charge in [-0.1, -0.05) is 31.2 Å². The van der Waals surface area contributed by atoms with Gasteiger partial charge in [0.15, 0.2) is 0 Å². The van der Waals surface area contributed by atoms with Crippen LogP contribution in [0.3, 0.4) is 0 Å². The first-order chi connectivity index (χ1) is 12.7. The lowest BCUT2D eigenvalue weighted by Gasteiger charge is -2.35. The first kappa shape index (κ1) is 18.5. The van der Waals surface area contributed by atoms with Crippen molar-refractivity contribution in [2.75, 3.05) is 18.5 Å². The number of aryl methyl sites for hydroxylation is 1. The summed E-state index contributed by atoms with van der Waals surface area (Å²) in [5, 5.41) is 16.9. The van der Waals surface area contributed by atoms with Crippen molar-refractivity contribution in [3.63, 3.8) is 0 Å². The van der Waals surface area contributed by atoms with Crippen molar-refractivity contribution in [1.29, 1.82) is 0 Å². The number of nitrogens with one attached hydrogen (secondary N) is 1. The van der Waals surface area contributed by atoms with Gasteiger partial charge >= 0.3 is 6.03 Å². The van der Waals surface area contributed by atoms with E-state index in [1.165, 1.54) is 11.1 Å². The first-order valence-corrected chi connectivity index (χ1v) is 9.45.